The first kappa shape index (κ1) is 23.7. The van der Waals surface area contributed by atoms with Crippen molar-refractivity contribution in [3.05, 3.63) is 88.0 Å². The van der Waals surface area contributed by atoms with Crippen LogP contribution in [0.3, 0.4) is 0 Å². The van der Waals surface area contributed by atoms with E-state index >= 15 is 0 Å². The fourth-order valence-corrected chi connectivity index (χ4v) is 5.25. The Hall–Kier alpha value is -3.43. The number of aryl methyl sites for hydroxylation is 2. The minimum Gasteiger partial charge on any atom is -0.497 e. The van der Waals surface area contributed by atoms with Crippen molar-refractivity contribution in [3.63, 3.8) is 0 Å². The van der Waals surface area contributed by atoms with Gasteiger partial charge in [0.1, 0.15) is 5.75 Å². The average molecular weight is 493 g/mol. The van der Waals surface area contributed by atoms with Gasteiger partial charge < -0.3 is 9.72 Å². The van der Waals surface area contributed by atoms with E-state index in [0.717, 1.165) is 27.4 Å². The number of benzene rings is 2. The van der Waals surface area contributed by atoms with E-state index in [1.54, 1.807) is 18.9 Å². The predicted octanol–water partition coefficient (Wildman–Crippen LogP) is 4.84. The first-order valence-electron chi connectivity index (χ1n) is 10.6. The molecule has 1 N–H and O–H groups in total. The van der Waals surface area contributed by atoms with Gasteiger partial charge in [0.2, 0.25) is 5.91 Å². The molecular formula is C25H24N4O3S2. The highest BCUT2D eigenvalue weighted by Gasteiger charge is 2.22. The SMILES string of the molecule is COc1ccc(-c2sc(N(Cc3ccccc3)C(=O)CSc3nc(C)cc(=O)[nH]3)nc2C)cc1. The molecule has 1 amide bonds. The molecule has 4 rings (SSSR count). The van der Waals surface area contributed by atoms with Crippen LogP contribution in [0.25, 0.3) is 10.4 Å². The summed E-state index contributed by atoms with van der Waals surface area (Å²) in [6, 6.07) is 19.0. The van der Waals surface area contributed by atoms with Crippen LogP contribution in [-0.4, -0.2) is 33.7 Å². The Balaban J connectivity index is 1.61. The van der Waals surface area contributed by atoms with E-state index in [9.17, 15) is 9.59 Å². The molecule has 7 nitrogen and oxygen atoms in total. The highest BCUT2D eigenvalue weighted by Crippen LogP contribution is 2.36. The zero-order valence-electron chi connectivity index (χ0n) is 19.1. The second-order valence-electron chi connectivity index (χ2n) is 7.59. The Morgan fingerprint density at radius 1 is 1.09 bits per heavy atom. The Kier molecular flexibility index (Phi) is 7.44. The molecule has 0 spiro atoms. The first-order valence-corrected chi connectivity index (χ1v) is 12.4. The summed E-state index contributed by atoms with van der Waals surface area (Å²) in [6.07, 6.45) is 0. The van der Waals surface area contributed by atoms with Crippen molar-refractivity contribution >= 4 is 34.1 Å². The summed E-state index contributed by atoms with van der Waals surface area (Å²) in [6.45, 7) is 4.09. The minimum atomic E-state index is -0.233. The monoisotopic (exact) mass is 492 g/mol. The maximum atomic E-state index is 13.4. The number of carbonyl (C=O) groups is 1. The van der Waals surface area contributed by atoms with E-state index in [1.165, 1.54) is 29.2 Å². The predicted molar refractivity (Wildman–Crippen MR) is 137 cm³/mol. The molecule has 0 saturated carbocycles. The summed E-state index contributed by atoms with van der Waals surface area (Å²) in [5, 5.41) is 1.05. The van der Waals surface area contributed by atoms with E-state index in [0.29, 0.717) is 22.5 Å². The van der Waals surface area contributed by atoms with Gasteiger partial charge in [-0.15, -0.1) is 0 Å². The van der Waals surface area contributed by atoms with Crippen molar-refractivity contribution in [3.8, 4) is 16.2 Å². The molecular weight excluding hydrogens is 468 g/mol. The fraction of sp³-hybridized carbons (Fsp3) is 0.200. The lowest BCUT2D eigenvalue weighted by atomic mass is 10.1. The van der Waals surface area contributed by atoms with Gasteiger partial charge in [-0.05, 0) is 49.2 Å². The molecule has 0 aliphatic heterocycles. The smallest absolute Gasteiger partial charge is 0.251 e. The number of nitrogens with one attached hydrogen (secondary N) is 1. The number of hydrogen-bond donors (Lipinski definition) is 1. The molecule has 0 aliphatic rings. The number of thiazole rings is 1. The summed E-state index contributed by atoms with van der Waals surface area (Å²) in [5.41, 5.74) is 3.25. The number of nitrogens with zero attached hydrogens (tertiary/aromatic N) is 3. The maximum absolute atomic E-state index is 13.4. The molecule has 0 radical (unpaired) electrons. The number of amides is 1. The van der Waals surface area contributed by atoms with Gasteiger partial charge in [-0.25, -0.2) is 9.97 Å². The third kappa shape index (κ3) is 5.73. The number of hydrogen-bond acceptors (Lipinski definition) is 7. The van der Waals surface area contributed by atoms with E-state index in [2.05, 4.69) is 9.97 Å². The molecule has 174 valence electrons. The van der Waals surface area contributed by atoms with Crippen LogP contribution in [0.1, 0.15) is 17.0 Å². The number of methoxy groups -OCH3 is 1. The zero-order valence-corrected chi connectivity index (χ0v) is 20.7. The molecule has 0 aliphatic carbocycles. The Morgan fingerprint density at radius 3 is 2.50 bits per heavy atom. The minimum absolute atomic E-state index is 0.118. The molecule has 4 aromatic rings. The molecule has 2 aromatic heterocycles. The molecule has 9 heteroatoms. The van der Waals surface area contributed by atoms with Crippen LogP contribution in [0.5, 0.6) is 5.75 Å². The molecule has 0 bridgehead atoms. The molecule has 34 heavy (non-hydrogen) atoms. The summed E-state index contributed by atoms with van der Waals surface area (Å²) < 4.78 is 5.26. The number of rotatable bonds is 8. The zero-order chi connectivity index (χ0) is 24.1. The second kappa shape index (κ2) is 10.7. The third-order valence-electron chi connectivity index (χ3n) is 5.03. The van der Waals surface area contributed by atoms with Crippen molar-refractivity contribution in [1.29, 1.82) is 0 Å². The number of aromatic amines is 1. The lowest BCUT2D eigenvalue weighted by Gasteiger charge is -2.20. The topological polar surface area (TPSA) is 88.2 Å². The van der Waals surface area contributed by atoms with Crippen molar-refractivity contribution in [2.45, 2.75) is 25.5 Å². The van der Waals surface area contributed by atoms with E-state index < -0.39 is 0 Å². The van der Waals surface area contributed by atoms with Gasteiger partial charge in [-0.2, -0.15) is 0 Å². The number of aromatic nitrogens is 3. The Labute approximate surface area is 205 Å². The fourth-order valence-electron chi connectivity index (χ4n) is 3.36. The van der Waals surface area contributed by atoms with Crippen molar-refractivity contribution < 1.29 is 9.53 Å². The lowest BCUT2D eigenvalue weighted by molar-refractivity contribution is -0.116. The van der Waals surface area contributed by atoms with Gasteiger partial charge >= 0.3 is 0 Å². The molecule has 0 atom stereocenters. The van der Waals surface area contributed by atoms with Crippen LogP contribution < -0.4 is 15.2 Å². The van der Waals surface area contributed by atoms with Gasteiger partial charge in [0.25, 0.3) is 5.56 Å². The van der Waals surface area contributed by atoms with Crippen LogP contribution in [0.2, 0.25) is 0 Å². The average Bonchev–Trinajstić information content (AvgIpc) is 3.22. The number of H-pyrrole nitrogens is 1. The van der Waals surface area contributed by atoms with Crippen LogP contribution in [0.4, 0.5) is 5.13 Å². The summed E-state index contributed by atoms with van der Waals surface area (Å²) in [7, 11) is 1.64. The number of thioether (sulfide) groups is 1. The van der Waals surface area contributed by atoms with Crippen molar-refractivity contribution in [2.24, 2.45) is 0 Å². The Morgan fingerprint density at radius 2 is 1.82 bits per heavy atom. The lowest BCUT2D eigenvalue weighted by Crippen LogP contribution is -2.32. The highest BCUT2D eigenvalue weighted by molar-refractivity contribution is 7.99. The Bertz CT molecular complexity index is 1330. The van der Waals surface area contributed by atoms with Crippen LogP contribution in [0, 0.1) is 13.8 Å². The molecule has 2 aromatic carbocycles. The molecule has 0 saturated heterocycles. The summed E-state index contributed by atoms with van der Waals surface area (Å²) in [4.78, 5) is 39.5. The molecule has 0 fully saturated rings. The normalized spacial score (nSPS) is 10.8. The molecule has 0 unspecified atom stereocenters. The number of carbonyl (C=O) groups excluding carboxylic acids is 1. The molecule has 2 heterocycles. The van der Waals surface area contributed by atoms with Gasteiger partial charge in [-0.3, -0.25) is 14.5 Å². The van der Waals surface area contributed by atoms with Crippen molar-refractivity contribution in [1.82, 2.24) is 15.0 Å². The summed E-state index contributed by atoms with van der Waals surface area (Å²) >= 11 is 2.69. The third-order valence-corrected chi connectivity index (χ3v) is 7.12. The van der Waals surface area contributed by atoms with Gasteiger partial charge in [0.15, 0.2) is 10.3 Å². The van der Waals surface area contributed by atoms with E-state index in [4.69, 9.17) is 9.72 Å². The van der Waals surface area contributed by atoms with E-state index in [1.807, 2.05) is 61.5 Å². The van der Waals surface area contributed by atoms with Gasteiger partial charge in [0.05, 0.1) is 30.0 Å². The second-order valence-corrected chi connectivity index (χ2v) is 9.53. The first-order chi connectivity index (χ1) is 16.4. The van der Waals surface area contributed by atoms with Crippen LogP contribution in [0.15, 0.2) is 70.6 Å². The maximum Gasteiger partial charge on any atom is 0.251 e. The highest BCUT2D eigenvalue weighted by atomic mass is 32.2. The quantitative estimate of drug-likeness (QED) is 0.280. The van der Waals surface area contributed by atoms with Crippen LogP contribution in [-0.2, 0) is 11.3 Å². The van der Waals surface area contributed by atoms with E-state index in [-0.39, 0.29) is 17.2 Å². The standard InChI is InChI=1S/C25H24N4O3S2/c1-16-13-21(30)28-24(26-16)33-15-22(31)29(14-18-7-5-4-6-8-18)25-27-17(2)23(34-25)19-9-11-20(32-3)12-10-19/h4-13H,14-15H2,1-3H3,(H,26,28,30). The van der Waals surface area contributed by atoms with Crippen LogP contribution >= 0.6 is 23.1 Å². The van der Waals surface area contributed by atoms with Gasteiger partial charge in [-0.1, -0.05) is 53.4 Å². The number of anilines is 1. The van der Waals surface area contributed by atoms with Crippen molar-refractivity contribution in [2.75, 3.05) is 17.8 Å². The largest absolute Gasteiger partial charge is 0.497 e. The van der Waals surface area contributed by atoms with Gasteiger partial charge in [0, 0.05) is 11.8 Å². The summed E-state index contributed by atoms with van der Waals surface area (Å²) in [5.74, 6) is 0.787. The number of ether oxygens (including phenoxy) is 1.